The molecule has 124 valence electrons. The van der Waals surface area contributed by atoms with Crippen molar-refractivity contribution < 1.29 is 9.59 Å². The van der Waals surface area contributed by atoms with Crippen molar-refractivity contribution in [2.24, 2.45) is 0 Å². The van der Waals surface area contributed by atoms with Gasteiger partial charge in [0.1, 0.15) is 0 Å². The predicted octanol–water partition coefficient (Wildman–Crippen LogP) is 3.96. The summed E-state index contributed by atoms with van der Waals surface area (Å²) in [5.41, 5.74) is 1.27. The van der Waals surface area contributed by atoms with Crippen LogP contribution < -0.4 is 10.6 Å². The normalized spacial score (nSPS) is 13.4. The van der Waals surface area contributed by atoms with Crippen LogP contribution in [-0.4, -0.2) is 23.6 Å². The minimum atomic E-state index is -0.116. The largest absolute Gasteiger partial charge is 0.349 e. The van der Waals surface area contributed by atoms with E-state index in [1.54, 1.807) is 30.3 Å². The molecule has 2 N–H and O–H groups in total. The van der Waals surface area contributed by atoms with Gasteiger partial charge < -0.3 is 10.6 Å². The topological polar surface area (TPSA) is 58.2 Å². The zero-order chi connectivity index (χ0) is 16.9. The molecule has 4 nitrogen and oxygen atoms in total. The summed E-state index contributed by atoms with van der Waals surface area (Å²) in [4.78, 5) is 24.8. The van der Waals surface area contributed by atoms with Gasteiger partial charge in [-0.05, 0) is 49.2 Å². The number of thioether (sulfide) groups is 1. The predicted molar refractivity (Wildman–Crippen MR) is 97.7 cm³/mol. The second-order valence-electron chi connectivity index (χ2n) is 5.59. The maximum atomic E-state index is 12.0. The van der Waals surface area contributed by atoms with E-state index in [9.17, 15) is 9.59 Å². The highest BCUT2D eigenvalue weighted by atomic mass is 35.5. The summed E-state index contributed by atoms with van der Waals surface area (Å²) in [5, 5.41) is 6.39. The number of carbonyl (C=O) groups is 2. The molecule has 3 rings (SSSR count). The van der Waals surface area contributed by atoms with Crippen molar-refractivity contribution in [3.63, 3.8) is 0 Å². The molecular weight excluding hydrogens is 344 g/mol. The molecule has 0 bridgehead atoms. The van der Waals surface area contributed by atoms with Gasteiger partial charge >= 0.3 is 0 Å². The molecule has 0 heterocycles. The fourth-order valence-corrected chi connectivity index (χ4v) is 3.14. The van der Waals surface area contributed by atoms with Crippen LogP contribution in [0.1, 0.15) is 23.2 Å². The number of anilines is 1. The van der Waals surface area contributed by atoms with Crippen molar-refractivity contribution in [3.8, 4) is 0 Å². The average Bonchev–Trinajstić information content (AvgIpc) is 3.39. The average molecular weight is 361 g/mol. The van der Waals surface area contributed by atoms with E-state index >= 15 is 0 Å². The number of carbonyl (C=O) groups excluding carboxylic acids is 2. The first-order chi connectivity index (χ1) is 11.6. The fraction of sp³-hybridized carbons (Fsp3) is 0.222. The van der Waals surface area contributed by atoms with Crippen molar-refractivity contribution in [3.05, 3.63) is 59.1 Å². The first-order valence-corrected chi connectivity index (χ1v) is 9.06. The number of hydrogen-bond donors (Lipinski definition) is 2. The van der Waals surface area contributed by atoms with Crippen LogP contribution >= 0.6 is 23.4 Å². The van der Waals surface area contributed by atoms with Crippen LogP contribution in [0.5, 0.6) is 0 Å². The van der Waals surface area contributed by atoms with Crippen LogP contribution in [0.3, 0.4) is 0 Å². The first kappa shape index (κ1) is 16.9. The third-order valence-corrected chi connectivity index (χ3v) is 5.05. The van der Waals surface area contributed by atoms with Gasteiger partial charge in [-0.15, -0.1) is 11.8 Å². The Morgan fingerprint density at radius 1 is 1.08 bits per heavy atom. The van der Waals surface area contributed by atoms with Crippen LogP contribution in [0.2, 0.25) is 5.02 Å². The number of amides is 2. The second kappa shape index (κ2) is 7.73. The van der Waals surface area contributed by atoms with Gasteiger partial charge in [-0.2, -0.15) is 0 Å². The molecule has 0 spiro atoms. The van der Waals surface area contributed by atoms with E-state index in [0.29, 0.717) is 22.3 Å². The number of nitrogens with one attached hydrogen (secondary N) is 2. The molecule has 6 heteroatoms. The molecular formula is C18H17ClN2O2S. The van der Waals surface area contributed by atoms with Crippen LogP contribution in [0, 0.1) is 0 Å². The highest BCUT2D eigenvalue weighted by molar-refractivity contribution is 8.00. The van der Waals surface area contributed by atoms with Crippen LogP contribution in [0.4, 0.5) is 5.69 Å². The third-order valence-electron chi connectivity index (χ3n) is 3.54. The number of rotatable bonds is 6. The second-order valence-corrected chi connectivity index (χ2v) is 7.02. The first-order valence-electron chi connectivity index (χ1n) is 7.70. The van der Waals surface area contributed by atoms with E-state index in [0.717, 1.165) is 17.7 Å². The maximum Gasteiger partial charge on any atom is 0.251 e. The molecule has 1 fully saturated rings. The maximum absolute atomic E-state index is 12.0. The van der Waals surface area contributed by atoms with Crippen molar-refractivity contribution in [2.75, 3.05) is 11.1 Å². The summed E-state index contributed by atoms with van der Waals surface area (Å²) >= 11 is 7.45. The molecule has 0 atom stereocenters. The van der Waals surface area contributed by atoms with Gasteiger partial charge in [-0.25, -0.2) is 0 Å². The summed E-state index contributed by atoms with van der Waals surface area (Å²) in [6.45, 7) is 0. The Morgan fingerprint density at radius 3 is 2.46 bits per heavy atom. The molecule has 24 heavy (non-hydrogen) atoms. The number of hydrogen-bond acceptors (Lipinski definition) is 3. The molecule has 0 aliphatic heterocycles. The lowest BCUT2D eigenvalue weighted by Gasteiger charge is -2.07. The van der Waals surface area contributed by atoms with Gasteiger partial charge in [0.15, 0.2) is 0 Å². The summed E-state index contributed by atoms with van der Waals surface area (Å²) in [6.07, 6.45) is 2.12. The summed E-state index contributed by atoms with van der Waals surface area (Å²) in [5.74, 6) is 0.0907. The number of benzene rings is 2. The molecule has 2 aromatic rings. The Hall–Kier alpha value is -1.98. The van der Waals surface area contributed by atoms with E-state index in [1.165, 1.54) is 11.8 Å². The third kappa shape index (κ3) is 4.76. The van der Waals surface area contributed by atoms with Crippen molar-refractivity contribution in [1.82, 2.24) is 5.32 Å². The van der Waals surface area contributed by atoms with E-state index in [1.807, 2.05) is 18.2 Å². The highest BCUT2D eigenvalue weighted by Gasteiger charge is 2.23. The van der Waals surface area contributed by atoms with Gasteiger partial charge in [0.25, 0.3) is 5.91 Å². The molecule has 0 radical (unpaired) electrons. The van der Waals surface area contributed by atoms with Crippen molar-refractivity contribution in [1.29, 1.82) is 0 Å². The molecule has 0 aromatic heterocycles. The summed E-state index contributed by atoms with van der Waals surface area (Å²) in [6, 6.07) is 14.7. The zero-order valence-electron chi connectivity index (χ0n) is 12.9. The fourth-order valence-electron chi connectivity index (χ4n) is 2.10. The van der Waals surface area contributed by atoms with Crippen LogP contribution in [0.25, 0.3) is 0 Å². The van der Waals surface area contributed by atoms with Gasteiger partial charge in [-0.1, -0.05) is 23.7 Å². The molecule has 0 saturated heterocycles. The Morgan fingerprint density at radius 2 is 1.79 bits per heavy atom. The quantitative estimate of drug-likeness (QED) is 0.766. The molecule has 1 aliphatic carbocycles. The lowest BCUT2D eigenvalue weighted by molar-refractivity contribution is -0.113. The summed E-state index contributed by atoms with van der Waals surface area (Å²) < 4.78 is 0. The molecule has 2 aromatic carbocycles. The minimum Gasteiger partial charge on any atom is -0.349 e. The lowest BCUT2D eigenvalue weighted by atomic mass is 10.2. The van der Waals surface area contributed by atoms with E-state index in [4.69, 9.17) is 11.6 Å². The number of halogens is 1. The van der Waals surface area contributed by atoms with Crippen molar-refractivity contribution in [2.45, 2.75) is 23.8 Å². The van der Waals surface area contributed by atoms with E-state index < -0.39 is 0 Å². The molecule has 0 unspecified atom stereocenters. The Bertz CT molecular complexity index is 745. The standard InChI is InChI=1S/C18H17ClN2O2S/c19-15-3-1-2-4-16(15)24-11-17(22)20-13-7-5-12(6-8-13)18(23)21-14-9-10-14/h1-8,14H,9-11H2,(H,20,22)(H,21,23). The Labute approximate surface area is 150 Å². The highest BCUT2D eigenvalue weighted by Crippen LogP contribution is 2.26. The summed E-state index contributed by atoms with van der Waals surface area (Å²) in [7, 11) is 0. The van der Waals surface area contributed by atoms with Gasteiger partial charge in [-0.3, -0.25) is 9.59 Å². The Kier molecular flexibility index (Phi) is 5.43. The van der Waals surface area contributed by atoms with E-state index in [-0.39, 0.29) is 17.6 Å². The van der Waals surface area contributed by atoms with Gasteiger partial charge in [0, 0.05) is 22.2 Å². The molecule has 2 amide bonds. The van der Waals surface area contributed by atoms with Gasteiger partial charge in [0.05, 0.1) is 10.8 Å². The molecule has 1 aliphatic rings. The smallest absolute Gasteiger partial charge is 0.251 e. The molecule has 1 saturated carbocycles. The van der Waals surface area contributed by atoms with Crippen LogP contribution in [0.15, 0.2) is 53.4 Å². The minimum absolute atomic E-state index is 0.0651. The Balaban J connectivity index is 1.50. The monoisotopic (exact) mass is 360 g/mol. The van der Waals surface area contributed by atoms with Crippen molar-refractivity contribution >= 4 is 40.9 Å². The van der Waals surface area contributed by atoms with Gasteiger partial charge in [0.2, 0.25) is 5.91 Å². The van der Waals surface area contributed by atoms with E-state index in [2.05, 4.69) is 10.6 Å². The lowest BCUT2D eigenvalue weighted by Crippen LogP contribution is -2.25. The zero-order valence-corrected chi connectivity index (χ0v) is 14.5. The van der Waals surface area contributed by atoms with Crippen LogP contribution in [-0.2, 0) is 4.79 Å². The SMILES string of the molecule is O=C(CSc1ccccc1Cl)Nc1ccc(C(=O)NC2CC2)cc1.